The molecule has 0 aliphatic heterocycles. The molecule has 2 aromatic rings. The molecule has 1 aromatic heterocycles. The molecule has 1 heterocycles. The maximum Gasteiger partial charge on any atom is 0.416 e. The van der Waals surface area contributed by atoms with Crippen molar-refractivity contribution in [3.05, 3.63) is 45.8 Å². The molecule has 2 nitrogen and oxygen atoms in total. The van der Waals surface area contributed by atoms with Crippen LogP contribution in [-0.2, 0) is 6.18 Å². The van der Waals surface area contributed by atoms with Crippen LogP contribution in [0.25, 0.3) is 11.4 Å². The highest BCUT2D eigenvalue weighted by Gasteiger charge is 2.30. The van der Waals surface area contributed by atoms with Crippen LogP contribution in [0.5, 0.6) is 0 Å². The maximum atomic E-state index is 12.4. The molecule has 17 heavy (non-hydrogen) atoms. The van der Waals surface area contributed by atoms with Gasteiger partial charge in [0, 0.05) is 11.8 Å². The first-order valence-corrected chi connectivity index (χ1v) is 5.71. The van der Waals surface area contributed by atoms with Crippen molar-refractivity contribution in [2.75, 3.05) is 0 Å². The molecule has 0 saturated carbocycles. The van der Waals surface area contributed by atoms with Gasteiger partial charge in [0.25, 0.3) is 0 Å². The van der Waals surface area contributed by atoms with Gasteiger partial charge in [0.2, 0.25) is 0 Å². The van der Waals surface area contributed by atoms with Gasteiger partial charge in [0.1, 0.15) is 3.70 Å². The molecule has 0 atom stereocenters. The lowest BCUT2D eigenvalue weighted by Gasteiger charge is -2.07. The normalized spacial score (nSPS) is 11.5. The topological polar surface area (TPSA) is 25.8 Å². The van der Waals surface area contributed by atoms with E-state index in [0.717, 1.165) is 15.8 Å². The third-order valence-corrected chi connectivity index (χ3v) is 2.69. The molecule has 0 amide bonds. The van der Waals surface area contributed by atoms with Crippen LogP contribution in [0.3, 0.4) is 0 Å². The van der Waals surface area contributed by atoms with E-state index in [1.54, 1.807) is 12.3 Å². The summed E-state index contributed by atoms with van der Waals surface area (Å²) in [6.45, 7) is 0. The van der Waals surface area contributed by atoms with Gasteiger partial charge in [0.05, 0.1) is 5.56 Å². The van der Waals surface area contributed by atoms with Gasteiger partial charge < -0.3 is 0 Å². The second kappa shape index (κ2) is 4.59. The highest BCUT2D eigenvalue weighted by molar-refractivity contribution is 14.1. The Hall–Kier alpha value is -1.18. The molecule has 0 N–H and O–H groups in total. The van der Waals surface area contributed by atoms with Crippen LogP contribution in [0.1, 0.15) is 5.56 Å². The van der Waals surface area contributed by atoms with E-state index in [4.69, 9.17) is 0 Å². The lowest BCUT2D eigenvalue weighted by atomic mass is 10.1. The van der Waals surface area contributed by atoms with Crippen molar-refractivity contribution >= 4 is 22.6 Å². The van der Waals surface area contributed by atoms with Crippen molar-refractivity contribution < 1.29 is 13.2 Å². The Morgan fingerprint density at radius 2 is 1.65 bits per heavy atom. The van der Waals surface area contributed by atoms with Gasteiger partial charge in [-0.15, -0.1) is 0 Å². The van der Waals surface area contributed by atoms with Crippen molar-refractivity contribution in [1.82, 2.24) is 9.97 Å². The van der Waals surface area contributed by atoms with Crippen molar-refractivity contribution in [2.24, 2.45) is 0 Å². The van der Waals surface area contributed by atoms with E-state index in [2.05, 4.69) is 9.97 Å². The number of alkyl halides is 3. The molecular formula is C11H6F3IN2. The van der Waals surface area contributed by atoms with Crippen LogP contribution in [-0.4, -0.2) is 9.97 Å². The van der Waals surface area contributed by atoms with E-state index < -0.39 is 11.7 Å². The summed E-state index contributed by atoms with van der Waals surface area (Å²) in [5, 5.41) is 0. The number of halogens is 4. The number of rotatable bonds is 1. The van der Waals surface area contributed by atoms with E-state index in [-0.39, 0.29) is 0 Å². The number of benzene rings is 1. The summed E-state index contributed by atoms with van der Waals surface area (Å²) in [6.07, 6.45) is -2.74. The summed E-state index contributed by atoms with van der Waals surface area (Å²) < 4.78 is 37.8. The summed E-state index contributed by atoms with van der Waals surface area (Å²) in [5.74, 6) is 0.422. The van der Waals surface area contributed by atoms with Crippen molar-refractivity contribution in [3.8, 4) is 11.4 Å². The van der Waals surface area contributed by atoms with Gasteiger partial charge in [-0.05, 0) is 40.8 Å². The number of aromatic nitrogens is 2. The first-order valence-electron chi connectivity index (χ1n) is 4.63. The molecule has 88 valence electrons. The van der Waals surface area contributed by atoms with Crippen LogP contribution in [0.15, 0.2) is 36.5 Å². The maximum absolute atomic E-state index is 12.4. The molecule has 1 aromatic carbocycles. The molecule has 0 aliphatic rings. The third-order valence-electron chi connectivity index (χ3n) is 2.09. The number of hydrogen-bond acceptors (Lipinski definition) is 2. The number of hydrogen-bond donors (Lipinski definition) is 0. The van der Waals surface area contributed by atoms with Gasteiger partial charge >= 0.3 is 6.18 Å². The summed E-state index contributed by atoms with van der Waals surface area (Å²) in [5.41, 5.74) is -0.108. The Kier molecular flexibility index (Phi) is 3.32. The van der Waals surface area contributed by atoms with Gasteiger partial charge in [-0.3, -0.25) is 0 Å². The second-order valence-corrected chi connectivity index (χ2v) is 4.38. The molecular weight excluding hydrogens is 344 g/mol. The highest BCUT2D eigenvalue weighted by Crippen LogP contribution is 2.30. The van der Waals surface area contributed by atoms with Crippen LogP contribution >= 0.6 is 22.6 Å². The fraction of sp³-hybridized carbons (Fsp3) is 0.0909. The summed E-state index contributed by atoms with van der Waals surface area (Å²) in [6, 6.07) is 6.51. The van der Waals surface area contributed by atoms with E-state index >= 15 is 0 Å². The molecule has 0 spiro atoms. The zero-order chi connectivity index (χ0) is 12.5. The minimum Gasteiger partial charge on any atom is -0.237 e. The standard InChI is InChI=1S/C11H6F3IN2/c12-11(13,14)8-3-1-7(2-4-8)10-16-6-5-9(15)17-10/h1-6H. The molecule has 0 fully saturated rings. The SMILES string of the molecule is FC(F)(F)c1ccc(-c2nccc(I)n2)cc1. The van der Waals surface area contributed by atoms with Crippen LogP contribution in [0.2, 0.25) is 0 Å². The van der Waals surface area contributed by atoms with Gasteiger partial charge in [-0.2, -0.15) is 13.2 Å². The molecule has 0 radical (unpaired) electrons. The van der Waals surface area contributed by atoms with Gasteiger partial charge in [-0.1, -0.05) is 12.1 Å². The summed E-state index contributed by atoms with van der Waals surface area (Å²) >= 11 is 2.02. The largest absolute Gasteiger partial charge is 0.416 e. The Bertz CT molecular complexity index is 523. The number of nitrogens with zero attached hydrogens (tertiary/aromatic N) is 2. The van der Waals surface area contributed by atoms with Crippen LogP contribution < -0.4 is 0 Å². The van der Waals surface area contributed by atoms with Crippen LogP contribution in [0.4, 0.5) is 13.2 Å². The van der Waals surface area contributed by atoms with E-state index in [1.807, 2.05) is 22.6 Å². The quantitative estimate of drug-likeness (QED) is 0.578. The summed E-state index contributed by atoms with van der Waals surface area (Å²) in [4.78, 5) is 8.13. The fourth-order valence-corrected chi connectivity index (χ4v) is 1.67. The molecule has 0 saturated heterocycles. The van der Waals surface area contributed by atoms with Crippen molar-refractivity contribution in [2.45, 2.75) is 6.18 Å². The molecule has 6 heteroatoms. The lowest BCUT2D eigenvalue weighted by Crippen LogP contribution is -2.04. The Balaban J connectivity index is 2.36. The van der Waals surface area contributed by atoms with E-state index in [0.29, 0.717) is 11.4 Å². The van der Waals surface area contributed by atoms with Gasteiger partial charge in [-0.25, -0.2) is 9.97 Å². The highest BCUT2D eigenvalue weighted by atomic mass is 127. The monoisotopic (exact) mass is 350 g/mol. The molecule has 0 bridgehead atoms. The molecule has 0 aliphatic carbocycles. The minimum absolute atomic E-state index is 0.422. The smallest absolute Gasteiger partial charge is 0.237 e. The van der Waals surface area contributed by atoms with Crippen molar-refractivity contribution in [1.29, 1.82) is 0 Å². The average Bonchev–Trinajstić information content (AvgIpc) is 2.28. The third kappa shape index (κ3) is 2.93. The zero-order valence-electron chi connectivity index (χ0n) is 8.37. The minimum atomic E-state index is -4.31. The van der Waals surface area contributed by atoms with Gasteiger partial charge in [0.15, 0.2) is 5.82 Å². The Labute approximate surface area is 109 Å². The average molecular weight is 350 g/mol. The predicted molar refractivity (Wildman–Crippen MR) is 65.2 cm³/mol. The molecule has 0 unspecified atom stereocenters. The van der Waals surface area contributed by atoms with E-state index in [1.165, 1.54) is 12.1 Å². The first kappa shape index (κ1) is 12.3. The van der Waals surface area contributed by atoms with E-state index in [9.17, 15) is 13.2 Å². The Morgan fingerprint density at radius 3 is 2.18 bits per heavy atom. The fourth-order valence-electron chi connectivity index (χ4n) is 1.28. The van der Waals surface area contributed by atoms with Crippen molar-refractivity contribution in [3.63, 3.8) is 0 Å². The summed E-state index contributed by atoms with van der Waals surface area (Å²) in [7, 11) is 0. The molecule has 2 rings (SSSR count). The predicted octanol–water partition coefficient (Wildman–Crippen LogP) is 3.77. The zero-order valence-corrected chi connectivity index (χ0v) is 10.5. The van der Waals surface area contributed by atoms with Crippen LogP contribution in [0, 0.1) is 3.70 Å². The lowest BCUT2D eigenvalue weighted by molar-refractivity contribution is -0.137. The Morgan fingerprint density at radius 1 is 1.00 bits per heavy atom. The second-order valence-electron chi connectivity index (χ2n) is 3.28. The first-order chi connectivity index (χ1) is 7.97.